The molecule has 1 aromatic rings. The van der Waals surface area contributed by atoms with Crippen LogP contribution in [0.5, 0.6) is 0 Å². The van der Waals surface area contributed by atoms with Crippen molar-refractivity contribution in [2.45, 2.75) is 31.8 Å². The van der Waals surface area contributed by atoms with Crippen LogP contribution >= 0.6 is 0 Å². The number of halogens is 1. The summed E-state index contributed by atoms with van der Waals surface area (Å²) in [5, 5.41) is 3.64. The third kappa shape index (κ3) is 2.29. The summed E-state index contributed by atoms with van der Waals surface area (Å²) in [6, 6.07) is 7.75. The van der Waals surface area contributed by atoms with Gasteiger partial charge in [-0.3, -0.25) is 0 Å². The van der Waals surface area contributed by atoms with E-state index in [0.717, 1.165) is 11.5 Å². The molecule has 0 aromatic heterocycles. The largest absolute Gasteiger partial charge is 0.307 e. The molecule has 1 aromatic carbocycles. The van der Waals surface area contributed by atoms with Gasteiger partial charge in [0.2, 0.25) is 0 Å². The molecule has 0 saturated carbocycles. The van der Waals surface area contributed by atoms with Crippen LogP contribution in [0.3, 0.4) is 0 Å². The summed E-state index contributed by atoms with van der Waals surface area (Å²) in [5.74, 6) is 0.661. The SMILES string of the molecule is C[C@@H](NC1CCN2CCC1C2)c1ccccc1F. The quantitative estimate of drug-likeness (QED) is 0.884. The average molecular weight is 248 g/mol. The maximum Gasteiger partial charge on any atom is 0.127 e. The van der Waals surface area contributed by atoms with Crippen LogP contribution in [0.4, 0.5) is 4.39 Å². The monoisotopic (exact) mass is 248 g/mol. The summed E-state index contributed by atoms with van der Waals surface area (Å²) < 4.78 is 13.7. The molecule has 4 atom stereocenters. The predicted molar refractivity (Wildman–Crippen MR) is 70.9 cm³/mol. The molecule has 18 heavy (non-hydrogen) atoms. The third-order valence-corrected chi connectivity index (χ3v) is 4.47. The van der Waals surface area contributed by atoms with E-state index < -0.39 is 0 Å². The first-order valence-electron chi connectivity index (χ1n) is 6.97. The Morgan fingerprint density at radius 2 is 2.06 bits per heavy atom. The van der Waals surface area contributed by atoms with Crippen molar-refractivity contribution in [3.63, 3.8) is 0 Å². The van der Waals surface area contributed by atoms with Crippen molar-refractivity contribution in [1.82, 2.24) is 10.2 Å². The van der Waals surface area contributed by atoms with Crippen LogP contribution in [0.15, 0.2) is 24.3 Å². The summed E-state index contributed by atoms with van der Waals surface area (Å²) >= 11 is 0. The number of rotatable bonds is 3. The molecule has 3 heteroatoms. The van der Waals surface area contributed by atoms with Crippen molar-refractivity contribution < 1.29 is 4.39 Å². The van der Waals surface area contributed by atoms with Crippen LogP contribution in [-0.2, 0) is 0 Å². The highest BCUT2D eigenvalue weighted by atomic mass is 19.1. The highest BCUT2D eigenvalue weighted by Gasteiger charge is 2.34. The fourth-order valence-electron chi connectivity index (χ4n) is 3.41. The Kier molecular flexibility index (Phi) is 3.35. The number of hydrogen-bond donors (Lipinski definition) is 1. The topological polar surface area (TPSA) is 15.3 Å². The van der Waals surface area contributed by atoms with Gasteiger partial charge in [-0.25, -0.2) is 4.39 Å². The van der Waals surface area contributed by atoms with E-state index in [1.807, 2.05) is 12.1 Å². The molecular weight excluding hydrogens is 227 g/mol. The maximum absolute atomic E-state index is 13.7. The van der Waals surface area contributed by atoms with Gasteiger partial charge in [0.15, 0.2) is 0 Å². The first kappa shape index (κ1) is 12.1. The Morgan fingerprint density at radius 1 is 1.28 bits per heavy atom. The molecule has 1 N–H and O–H groups in total. The fraction of sp³-hybridized carbons (Fsp3) is 0.600. The molecule has 98 valence electrons. The lowest BCUT2D eigenvalue weighted by Gasteiger charge is -2.33. The number of benzene rings is 1. The Morgan fingerprint density at radius 3 is 2.89 bits per heavy atom. The van der Waals surface area contributed by atoms with E-state index in [9.17, 15) is 4.39 Å². The van der Waals surface area contributed by atoms with Gasteiger partial charge in [0, 0.05) is 24.2 Å². The van der Waals surface area contributed by atoms with E-state index in [4.69, 9.17) is 0 Å². The minimum atomic E-state index is -0.0960. The number of hydrogen-bond acceptors (Lipinski definition) is 2. The molecule has 0 radical (unpaired) electrons. The van der Waals surface area contributed by atoms with Crippen LogP contribution in [0.1, 0.15) is 31.4 Å². The van der Waals surface area contributed by atoms with Crippen LogP contribution < -0.4 is 5.32 Å². The lowest BCUT2D eigenvalue weighted by molar-refractivity contribution is 0.211. The maximum atomic E-state index is 13.7. The van der Waals surface area contributed by atoms with Gasteiger partial charge in [-0.15, -0.1) is 0 Å². The molecule has 0 amide bonds. The van der Waals surface area contributed by atoms with Crippen molar-refractivity contribution in [2.24, 2.45) is 5.92 Å². The second-order valence-corrected chi connectivity index (χ2v) is 5.65. The van der Waals surface area contributed by atoms with E-state index in [0.29, 0.717) is 6.04 Å². The van der Waals surface area contributed by atoms with Crippen LogP contribution in [-0.4, -0.2) is 30.6 Å². The minimum Gasteiger partial charge on any atom is -0.307 e. The summed E-state index contributed by atoms with van der Waals surface area (Å²) in [4.78, 5) is 2.54. The Hall–Kier alpha value is -0.930. The zero-order chi connectivity index (χ0) is 12.5. The molecule has 2 fully saturated rings. The summed E-state index contributed by atoms with van der Waals surface area (Å²) in [6.45, 7) is 5.73. The molecule has 0 spiro atoms. The second kappa shape index (κ2) is 4.98. The zero-order valence-corrected chi connectivity index (χ0v) is 10.9. The van der Waals surface area contributed by atoms with Gasteiger partial charge in [0.1, 0.15) is 5.82 Å². The molecular formula is C15H21FN2. The van der Waals surface area contributed by atoms with E-state index in [2.05, 4.69) is 17.1 Å². The van der Waals surface area contributed by atoms with Gasteiger partial charge in [0.25, 0.3) is 0 Å². The fourth-order valence-corrected chi connectivity index (χ4v) is 3.41. The van der Waals surface area contributed by atoms with Crippen molar-refractivity contribution in [1.29, 1.82) is 0 Å². The van der Waals surface area contributed by atoms with E-state index in [-0.39, 0.29) is 11.9 Å². The van der Waals surface area contributed by atoms with Crippen LogP contribution in [0.25, 0.3) is 0 Å². The summed E-state index contributed by atoms with van der Waals surface area (Å²) in [5.41, 5.74) is 0.790. The summed E-state index contributed by atoms with van der Waals surface area (Å²) in [7, 11) is 0. The Balaban J connectivity index is 1.67. The Labute approximate surface area is 108 Å². The average Bonchev–Trinajstić information content (AvgIpc) is 2.76. The molecule has 2 bridgehead atoms. The van der Waals surface area contributed by atoms with Gasteiger partial charge in [-0.2, -0.15) is 0 Å². The van der Waals surface area contributed by atoms with Gasteiger partial charge < -0.3 is 10.2 Å². The number of nitrogens with one attached hydrogen (secondary N) is 1. The molecule has 2 heterocycles. The normalized spacial score (nSPS) is 32.4. The summed E-state index contributed by atoms with van der Waals surface area (Å²) in [6.07, 6.45) is 2.49. The lowest BCUT2D eigenvalue weighted by atomic mass is 9.92. The van der Waals surface area contributed by atoms with E-state index in [1.54, 1.807) is 12.1 Å². The van der Waals surface area contributed by atoms with Crippen molar-refractivity contribution in [2.75, 3.05) is 19.6 Å². The predicted octanol–water partition coefficient (Wildman–Crippen LogP) is 2.57. The number of piperidine rings is 1. The van der Waals surface area contributed by atoms with Gasteiger partial charge in [-0.05, 0) is 44.8 Å². The molecule has 3 rings (SSSR count). The number of nitrogens with zero attached hydrogens (tertiary/aromatic N) is 1. The molecule has 2 aliphatic heterocycles. The third-order valence-electron chi connectivity index (χ3n) is 4.47. The molecule has 3 unspecified atom stereocenters. The van der Waals surface area contributed by atoms with Crippen molar-refractivity contribution in [3.8, 4) is 0 Å². The molecule has 2 aliphatic rings. The van der Waals surface area contributed by atoms with Crippen molar-refractivity contribution >= 4 is 0 Å². The highest BCUT2D eigenvalue weighted by molar-refractivity contribution is 5.20. The molecule has 2 nitrogen and oxygen atoms in total. The second-order valence-electron chi connectivity index (χ2n) is 5.65. The van der Waals surface area contributed by atoms with E-state index in [1.165, 1.54) is 32.5 Å². The van der Waals surface area contributed by atoms with E-state index >= 15 is 0 Å². The van der Waals surface area contributed by atoms with Gasteiger partial charge >= 0.3 is 0 Å². The molecule has 2 saturated heterocycles. The standard InChI is InChI=1S/C15H21FN2/c1-11(13-4-2-3-5-14(13)16)17-15-7-9-18-8-6-12(15)10-18/h2-5,11-12,15,17H,6-10H2,1H3/t11-,12?,15?/m1/s1. The van der Waals surface area contributed by atoms with Crippen LogP contribution in [0.2, 0.25) is 0 Å². The zero-order valence-electron chi connectivity index (χ0n) is 10.9. The number of fused-ring (bicyclic) bond motifs is 2. The minimum absolute atomic E-state index is 0.0960. The lowest BCUT2D eigenvalue weighted by Crippen LogP contribution is -2.44. The molecule has 0 aliphatic carbocycles. The highest BCUT2D eigenvalue weighted by Crippen LogP contribution is 2.29. The smallest absolute Gasteiger partial charge is 0.127 e. The Bertz CT molecular complexity index is 421. The first-order valence-corrected chi connectivity index (χ1v) is 6.97. The van der Waals surface area contributed by atoms with Crippen LogP contribution in [0, 0.1) is 11.7 Å². The van der Waals surface area contributed by atoms with Gasteiger partial charge in [-0.1, -0.05) is 18.2 Å². The van der Waals surface area contributed by atoms with Crippen molar-refractivity contribution in [3.05, 3.63) is 35.6 Å². The van der Waals surface area contributed by atoms with Gasteiger partial charge in [0.05, 0.1) is 0 Å². The first-order chi connectivity index (χ1) is 8.74.